The second-order valence-corrected chi connectivity index (χ2v) is 9.41. The van der Waals surface area contributed by atoms with E-state index in [-0.39, 0.29) is 14.5 Å². The van der Waals surface area contributed by atoms with Crippen molar-refractivity contribution in [2.75, 3.05) is 0 Å². The summed E-state index contributed by atoms with van der Waals surface area (Å²) in [5.41, 5.74) is 7.53. The van der Waals surface area contributed by atoms with Crippen LogP contribution in [-0.2, 0) is 6.42 Å². The first-order chi connectivity index (χ1) is 12.0. The minimum atomic E-state index is 0.268. The van der Waals surface area contributed by atoms with Gasteiger partial charge >= 0.3 is 155 Å². The fourth-order valence-corrected chi connectivity index (χ4v) is 6.28. The molecule has 25 heavy (non-hydrogen) atoms. The van der Waals surface area contributed by atoms with Gasteiger partial charge in [-0.1, -0.05) is 0 Å². The molecule has 0 radical (unpaired) electrons. The quantitative estimate of drug-likeness (QED) is 0.440. The van der Waals surface area contributed by atoms with E-state index in [2.05, 4.69) is 74.1 Å². The van der Waals surface area contributed by atoms with Crippen molar-refractivity contribution in [1.82, 2.24) is 9.97 Å². The van der Waals surface area contributed by atoms with Gasteiger partial charge in [-0.15, -0.1) is 0 Å². The Labute approximate surface area is 154 Å². The first-order valence-electron chi connectivity index (χ1n) is 8.76. The van der Waals surface area contributed by atoms with Crippen LogP contribution in [0.25, 0.3) is 30.7 Å². The third-order valence-electron chi connectivity index (χ3n) is 4.48. The fourth-order valence-electron chi connectivity index (χ4n) is 3.57. The molecular formula is C22H22N2Se. The summed E-state index contributed by atoms with van der Waals surface area (Å²) < 4.78 is 2.84. The third kappa shape index (κ3) is 3.03. The molecule has 4 rings (SSSR count). The minimum absolute atomic E-state index is 0.268. The van der Waals surface area contributed by atoms with Gasteiger partial charge in [-0.3, -0.25) is 0 Å². The zero-order valence-corrected chi connectivity index (χ0v) is 16.8. The molecule has 2 heterocycles. The number of aromatic nitrogens is 2. The average Bonchev–Trinajstić information content (AvgIpc) is 2.93. The van der Waals surface area contributed by atoms with E-state index >= 15 is 0 Å². The van der Waals surface area contributed by atoms with Crippen LogP contribution in [0.15, 0.2) is 42.7 Å². The van der Waals surface area contributed by atoms with Crippen LogP contribution in [0.4, 0.5) is 0 Å². The molecule has 0 unspecified atom stereocenters. The Morgan fingerprint density at radius 2 is 1.72 bits per heavy atom. The molecule has 2 aromatic heterocycles. The zero-order valence-electron chi connectivity index (χ0n) is 15.1. The van der Waals surface area contributed by atoms with Gasteiger partial charge in [-0.05, 0) is 0 Å². The molecule has 4 aromatic rings. The second-order valence-electron chi connectivity index (χ2n) is 7.27. The van der Waals surface area contributed by atoms with Crippen molar-refractivity contribution >= 4 is 33.9 Å². The van der Waals surface area contributed by atoms with Crippen LogP contribution in [-0.4, -0.2) is 24.5 Å². The van der Waals surface area contributed by atoms with E-state index in [0.29, 0.717) is 5.92 Å². The topological polar surface area (TPSA) is 25.8 Å². The summed E-state index contributed by atoms with van der Waals surface area (Å²) in [7, 11) is 0. The van der Waals surface area contributed by atoms with Gasteiger partial charge in [0.25, 0.3) is 0 Å². The summed E-state index contributed by atoms with van der Waals surface area (Å²) in [6, 6.07) is 13.4. The molecule has 0 bridgehead atoms. The number of nitrogens with zero attached hydrogens (tertiary/aromatic N) is 2. The number of benzene rings is 2. The van der Waals surface area contributed by atoms with Gasteiger partial charge in [0, 0.05) is 0 Å². The molecular weight excluding hydrogens is 371 g/mol. The fraction of sp³-hybridized carbons (Fsp3) is 0.273. The predicted molar refractivity (Wildman–Crippen MR) is 107 cm³/mol. The van der Waals surface area contributed by atoms with E-state index in [4.69, 9.17) is 0 Å². The van der Waals surface area contributed by atoms with Crippen molar-refractivity contribution in [2.24, 2.45) is 5.92 Å². The van der Waals surface area contributed by atoms with Crippen LogP contribution in [0.2, 0.25) is 0 Å². The molecule has 0 fully saturated rings. The first-order valence-corrected chi connectivity index (χ1v) is 10.5. The van der Waals surface area contributed by atoms with Gasteiger partial charge < -0.3 is 0 Å². The maximum absolute atomic E-state index is 4.68. The van der Waals surface area contributed by atoms with E-state index in [0.717, 1.165) is 17.6 Å². The molecule has 0 saturated heterocycles. The molecule has 3 heteroatoms. The van der Waals surface area contributed by atoms with Gasteiger partial charge in [0.2, 0.25) is 0 Å². The van der Waals surface area contributed by atoms with Crippen molar-refractivity contribution < 1.29 is 0 Å². The van der Waals surface area contributed by atoms with E-state index in [1.807, 2.05) is 0 Å². The van der Waals surface area contributed by atoms with Crippen LogP contribution >= 0.6 is 0 Å². The van der Waals surface area contributed by atoms with E-state index < -0.39 is 0 Å². The molecule has 0 aliphatic carbocycles. The molecule has 0 aliphatic heterocycles. The third-order valence-corrected chi connectivity index (χ3v) is 7.16. The monoisotopic (exact) mass is 394 g/mol. The Bertz CT molecular complexity index is 1060. The van der Waals surface area contributed by atoms with Crippen LogP contribution in [0.3, 0.4) is 0 Å². The molecule has 0 amide bonds. The number of hydrogen-bond donors (Lipinski definition) is 0. The number of aryl methyl sites for hydroxylation is 2. The zero-order chi connectivity index (χ0) is 17.6. The Balaban J connectivity index is 2.01. The summed E-state index contributed by atoms with van der Waals surface area (Å²) in [5.74, 6) is 0.663. The summed E-state index contributed by atoms with van der Waals surface area (Å²) in [5, 5.41) is 1.32. The summed E-state index contributed by atoms with van der Waals surface area (Å²) >= 11 is 0.268. The van der Waals surface area contributed by atoms with Crippen LogP contribution in [0.5, 0.6) is 0 Å². The van der Waals surface area contributed by atoms with Crippen molar-refractivity contribution in [3.8, 4) is 11.3 Å². The maximum atomic E-state index is 4.68. The van der Waals surface area contributed by atoms with Gasteiger partial charge in [0.1, 0.15) is 0 Å². The molecule has 0 aliphatic rings. The van der Waals surface area contributed by atoms with Gasteiger partial charge in [-0.2, -0.15) is 0 Å². The number of hydrogen-bond acceptors (Lipinski definition) is 2. The summed E-state index contributed by atoms with van der Waals surface area (Å²) in [6.07, 6.45) is 2.86. The second kappa shape index (κ2) is 6.40. The standard InChI is InChI=1S/C22H22N2Se/c1-13(2)8-16-6-5-7-18-20-22(25-21(16)18)19(23-12-24-20)17-10-14(3)9-15(4)11-17/h5-7,9-13H,8H2,1-4H3. The normalized spacial score (nSPS) is 11.7. The van der Waals surface area contributed by atoms with Crippen LogP contribution < -0.4 is 0 Å². The Kier molecular flexibility index (Phi) is 4.23. The average molecular weight is 393 g/mol. The van der Waals surface area contributed by atoms with Crippen molar-refractivity contribution in [1.29, 1.82) is 0 Å². The van der Waals surface area contributed by atoms with Crippen LogP contribution in [0.1, 0.15) is 30.5 Å². The van der Waals surface area contributed by atoms with Crippen LogP contribution in [0, 0.1) is 19.8 Å². The van der Waals surface area contributed by atoms with Gasteiger partial charge in [-0.25, -0.2) is 0 Å². The molecule has 126 valence electrons. The van der Waals surface area contributed by atoms with E-state index in [1.165, 1.54) is 36.2 Å². The van der Waals surface area contributed by atoms with Crippen molar-refractivity contribution in [2.45, 2.75) is 34.1 Å². The molecule has 0 N–H and O–H groups in total. The molecule has 2 aromatic carbocycles. The molecule has 0 saturated carbocycles. The first kappa shape index (κ1) is 16.5. The predicted octanol–water partition coefficient (Wildman–Crippen LogP) is 5.32. The van der Waals surface area contributed by atoms with E-state index in [9.17, 15) is 0 Å². The van der Waals surface area contributed by atoms with Crippen molar-refractivity contribution in [3.63, 3.8) is 0 Å². The molecule has 0 atom stereocenters. The Hall–Kier alpha value is -1.96. The Morgan fingerprint density at radius 3 is 2.44 bits per heavy atom. The number of rotatable bonds is 3. The molecule has 2 nitrogen and oxygen atoms in total. The van der Waals surface area contributed by atoms with E-state index in [1.54, 1.807) is 6.33 Å². The SMILES string of the molecule is Cc1cc(C)cc(-c2ncnc3c2[se]c2c(CC(C)C)cccc23)c1. The Morgan fingerprint density at radius 1 is 0.960 bits per heavy atom. The van der Waals surface area contributed by atoms with Crippen molar-refractivity contribution in [3.05, 3.63) is 59.4 Å². The summed E-state index contributed by atoms with van der Waals surface area (Å²) in [4.78, 5) is 9.34. The molecule has 0 spiro atoms. The summed E-state index contributed by atoms with van der Waals surface area (Å²) in [6.45, 7) is 8.88. The van der Waals surface area contributed by atoms with Gasteiger partial charge in [0.15, 0.2) is 0 Å². The number of fused-ring (bicyclic) bond motifs is 3. The van der Waals surface area contributed by atoms with Gasteiger partial charge in [0.05, 0.1) is 0 Å².